The summed E-state index contributed by atoms with van der Waals surface area (Å²) in [6.45, 7) is 0.762. The van der Waals surface area contributed by atoms with E-state index in [1.54, 1.807) is 0 Å². The normalized spacial score (nSPS) is 15.9. The number of rotatable bonds is 0. The molecule has 1 heterocycles. The summed E-state index contributed by atoms with van der Waals surface area (Å²) < 4.78 is 42.0. The molecule has 0 atom stereocenters. The van der Waals surface area contributed by atoms with Crippen LogP contribution in [0.3, 0.4) is 0 Å². The monoisotopic (exact) mass is 203 g/mol. The van der Waals surface area contributed by atoms with E-state index in [0.29, 0.717) is 24.6 Å². The second-order valence-electron chi connectivity index (χ2n) is 3.04. The third-order valence-electron chi connectivity index (χ3n) is 2.03. The molecular weight excluding hydrogens is 195 g/mol. The summed E-state index contributed by atoms with van der Waals surface area (Å²) in [6, 6.07) is 3.50. The van der Waals surface area contributed by atoms with E-state index < -0.39 is 11.7 Å². The summed E-state index contributed by atoms with van der Waals surface area (Å²) >= 11 is 0. The summed E-state index contributed by atoms with van der Waals surface area (Å²) in [6.07, 6.45) is -4.29. The van der Waals surface area contributed by atoms with Crippen molar-refractivity contribution in [3.63, 3.8) is 0 Å². The molecular formula is C9H8F3NO. The first kappa shape index (κ1) is 9.33. The predicted octanol–water partition coefficient (Wildman–Crippen LogP) is 2.14. The minimum absolute atomic E-state index is 0.346. The van der Waals surface area contributed by atoms with Gasteiger partial charge in [-0.3, -0.25) is 5.32 Å². The van der Waals surface area contributed by atoms with E-state index >= 15 is 0 Å². The Balaban J connectivity index is 2.39. The average Bonchev–Trinajstić information content (AvgIpc) is 2.16. The van der Waals surface area contributed by atoms with Crippen molar-refractivity contribution in [1.29, 1.82) is 0 Å². The van der Waals surface area contributed by atoms with Crippen molar-refractivity contribution >= 4 is 0 Å². The standard InChI is InChI=1S/C9H8F3NO/c10-9(11,12)7-1-2-8-6(3-7)4-13-5-14-8/h1-3,13H,4-5H2. The Morgan fingerprint density at radius 3 is 2.79 bits per heavy atom. The van der Waals surface area contributed by atoms with Crippen molar-refractivity contribution < 1.29 is 17.9 Å². The molecule has 0 amide bonds. The molecule has 0 radical (unpaired) electrons. The number of ether oxygens (including phenoxy) is 1. The van der Waals surface area contributed by atoms with E-state index in [0.717, 1.165) is 12.1 Å². The predicted molar refractivity (Wildman–Crippen MR) is 43.8 cm³/mol. The van der Waals surface area contributed by atoms with E-state index in [9.17, 15) is 13.2 Å². The topological polar surface area (TPSA) is 21.3 Å². The minimum atomic E-state index is -4.29. The van der Waals surface area contributed by atoms with E-state index in [4.69, 9.17) is 4.74 Å². The largest absolute Gasteiger partial charge is 0.478 e. The van der Waals surface area contributed by atoms with Crippen LogP contribution in [0.5, 0.6) is 5.75 Å². The van der Waals surface area contributed by atoms with E-state index in [1.807, 2.05) is 0 Å². The average molecular weight is 203 g/mol. The first-order valence-electron chi connectivity index (χ1n) is 4.11. The Kier molecular flexibility index (Phi) is 2.11. The van der Waals surface area contributed by atoms with Gasteiger partial charge in [0.1, 0.15) is 12.5 Å². The highest BCUT2D eigenvalue weighted by Crippen LogP contribution is 2.33. The SMILES string of the molecule is FC(F)(F)c1ccc2c(c1)CNCO2. The van der Waals surface area contributed by atoms with Gasteiger partial charge in [0.25, 0.3) is 0 Å². The lowest BCUT2D eigenvalue weighted by atomic mass is 10.1. The molecule has 0 bridgehead atoms. The zero-order valence-corrected chi connectivity index (χ0v) is 7.19. The van der Waals surface area contributed by atoms with Crippen LogP contribution in [-0.4, -0.2) is 6.73 Å². The molecule has 76 valence electrons. The lowest BCUT2D eigenvalue weighted by molar-refractivity contribution is -0.137. The summed E-state index contributed by atoms with van der Waals surface area (Å²) in [4.78, 5) is 0. The highest BCUT2D eigenvalue weighted by atomic mass is 19.4. The van der Waals surface area contributed by atoms with Crippen molar-refractivity contribution in [3.8, 4) is 5.75 Å². The van der Waals surface area contributed by atoms with Gasteiger partial charge >= 0.3 is 6.18 Å². The molecule has 1 aliphatic rings. The number of benzene rings is 1. The zero-order chi connectivity index (χ0) is 10.2. The number of alkyl halides is 3. The van der Waals surface area contributed by atoms with Crippen molar-refractivity contribution in [1.82, 2.24) is 5.32 Å². The zero-order valence-electron chi connectivity index (χ0n) is 7.19. The molecule has 0 spiro atoms. The van der Waals surface area contributed by atoms with Gasteiger partial charge in [0, 0.05) is 12.1 Å². The molecule has 0 aromatic heterocycles. The quantitative estimate of drug-likeness (QED) is 0.697. The molecule has 0 unspecified atom stereocenters. The van der Waals surface area contributed by atoms with Gasteiger partial charge in [0.05, 0.1) is 5.56 Å². The van der Waals surface area contributed by atoms with E-state index in [1.165, 1.54) is 6.07 Å². The molecule has 1 aromatic carbocycles. The Labute approximate surface area is 78.7 Å². The van der Waals surface area contributed by atoms with Crippen molar-refractivity contribution in [2.45, 2.75) is 12.7 Å². The lowest BCUT2D eigenvalue weighted by Gasteiger charge is -2.19. The molecule has 5 heteroatoms. The Hall–Kier alpha value is -1.23. The van der Waals surface area contributed by atoms with Gasteiger partial charge in [-0.2, -0.15) is 13.2 Å². The smallest absolute Gasteiger partial charge is 0.416 e. The van der Waals surface area contributed by atoms with Crippen LogP contribution in [0.2, 0.25) is 0 Å². The van der Waals surface area contributed by atoms with Crippen molar-refractivity contribution in [2.75, 3.05) is 6.73 Å². The molecule has 2 rings (SSSR count). The fraction of sp³-hybridized carbons (Fsp3) is 0.333. The van der Waals surface area contributed by atoms with Gasteiger partial charge in [-0.25, -0.2) is 0 Å². The van der Waals surface area contributed by atoms with Gasteiger partial charge in [-0.1, -0.05) is 0 Å². The van der Waals surface area contributed by atoms with Crippen molar-refractivity contribution in [3.05, 3.63) is 29.3 Å². The second-order valence-corrected chi connectivity index (χ2v) is 3.04. The lowest BCUT2D eigenvalue weighted by Crippen LogP contribution is -2.25. The maximum atomic E-state index is 12.3. The van der Waals surface area contributed by atoms with Crippen LogP contribution in [0.1, 0.15) is 11.1 Å². The molecule has 14 heavy (non-hydrogen) atoms. The van der Waals surface area contributed by atoms with Crippen LogP contribution in [0.4, 0.5) is 13.2 Å². The van der Waals surface area contributed by atoms with Crippen LogP contribution in [0, 0.1) is 0 Å². The molecule has 0 saturated carbocycles. The molecule has 1 aliphatic heterocycles. The first-order valence-corrected chi connectivity index (χ1v) is 4.11. The van der Waals surface area contributed by atoms with Crippen molar-refractivity contribution in [2.24, 2.45) is 0 Å². The summed E-state index contributed by atoms with van der Waals surface area (Å²) in [5.74, 6) is 0.525. The van der Waals surface area contributed by atoms with Crippen LogP contribution in [0.25, 0.3) is 0 Å². The van der Waals surface area contributed by atoms with Gasteiger partial charge in [-0.15, -0.1) is 0 Å². The molecule has 1 N–H and O–H groups in total. The van der Waals surface area contributed by atoms with Gasteiger partial charge < -0.3 is 4.74 Å². The number of hydrogen-bond acceptors (Lipinski definition) is 2. The maximum Gasteiger partial charge on any atom is 0.416 e. The van der Waals surface area contributed by atoms with Crippen LogP contribution >= 0.6 is 0 Å². The first-order chi connectivity index (χ1) is 6.57. The molecule has 0 fully saturated rings. The summed E-state index contributed by atoms with van der Waals surface area (Å²) in [5.41, 5.74) is -0.0883. The highest BCUT2D eigenvalue weighted by molar-refractivity contribution is 5.39. The second kappa shape index (κ2) is 3.16. The number of nitrogens with one attached hydrogen (secondary N) is 1. The fourth-order valence-electron chi connectivity index (χ4n) is 1.35. The fourth-order valence-corrected chi connectivity index (χ4v) is 1.35. The molecule has 1 aromatic rings. The maximum absolute atomic E-state index is 12.3. The van der Waals surface area contributed by atoms with Gasteiger partial charge in [0.2, 0.25) is 0 Å². The summed E-state index contributed by atoms with van der Waals surface area (Å²) in [7, 11) is 0. The summed E-state index contributed by atoms with van der Waals surface area (Å²) in [5, 5.41) is 2.83. The van der Waals surface area contributed by atoms with E-state index in [2.05, 4.69) is 5.32 Å². The van der Waals surface area contributed by atoms with Gasteiger partial charge in [0.15, 0.2) is 0 Å². The Bertz CT molecular complexity index is 348. The Morgan fingerprint density at radius 2 is 2.07 bits per heavy atom. The number of fused-ring (bicyclic) bond motifs is 1. The Morgan fingerprint density at radius 1 is 1.29 bits per heavy atom. The third-order valence-corrected chi connectivity index (χ3v) is 2.03. The van der Waals surface area contributed by atoms with Gasteiger partial charge in [-0.05, 0) is 18.2 Å². The minimum Gasteiger partial charge on any atom is -0.478 e. The van der Waals surface area contributed by atoms with E-state index in [-0.39, 0.29) is 0 Å². The van der Waals surface area contributed by atoms with Crippen LogP contribution < -0.4 is 10.1 Å². The molecule has 0 saturated heterocycles. The third kappa shape index (κ3) is 1.68. The molecule has 0 aliphatic carbocycles. The number of halogens is 3. The van der Waals surface area contributed by atoms with Crippen LogP contribution in [0.15, 0.2) is 18.2 Å². The molecule has 2 nitrogen and oxygen atoms in total. The number of hydrogen-bond donors (Lipinski definition) is 1. The van der Waals surface area contributed by atoms with Crippen LogP contribution in [-0.2, 0) is 12.7 Å². The highest BCUT2D eigenvalue weighted by Gasteiger charge is 2.31.